The van der Waals surface area contributed by atoms with Gasteiger partial charge < -0.3 is 20.5 Å². The van der Waals surface area contributed by atoms with Crippen molar-refractivity contribution < 1.29 is 24.2 Å². The number of aliphatic carboxylic acids is 1. The van der Waals surface area contributed by atoms with Crippen molar-refractivity contribution in [3.63, 3.8) is 0 Å². The molecular weight excluding hydrogens is 432 g/mol. The maximum atomic E-state index is 12.5. The maximum Gasteiger partial charge on any atom is 0.407 e. The van der Waals surface area contributed by atoms with Gasteiger partial charge in [-0.05, 0) is 47.4 Å². The molecule has 2 amide bonds. The summed E-state index contributed by atoms with van der Waals surface area (Å²) < 4.78 is 5.56. The third kappa shape index (κ3) is 6.37. The Hall–Kier alpha value is -3.35. The summed E-state index contributed by atoms with van der Waals surface area (Å²) in [6.07, 6.45) is 0.992. The Bertz CT molecular complexity index is 974. The topological polar surface area (TPSA) is 105 Å². The maximum absolute atomic E-state index is 12.5. The minimum Gasteiger partial charge on any atom is -0.480 e. The number of hydrogen-bond acceptors (Lipinski definition) is 4. The molecule has 7 heteroatoms. The first kappa shape index (κ1) is 25.3. The van der Waals surface area contributed by atoms with Crippen LogP contribution < -0.4 is 10.6 Å². The number of benzene rings is 2. The molecule has 1 aliphatic rings. The Morgan fingerprint density at radius 2 is 1.53 bits per heavy atom. The van der Waals surface area contributed by atoms with Crippen molar-refractivity contribution in [1.82, 2.24) is 10.6 Å². The number of alkyl carbamates (subject to hydrolysis) is 1. The highest BCUT2D eigenvalue weighted by atomic mass is 16.5. The van der Waals surface area contributed by atoms with Crippen LogP contribution in [0.15, 0.2) is 48.5 Å². The summed E-state index contributed by atoms with van der Waals surface area (Å²) >= 11 is 0. The summed E-state index contributed by atoms with van der Waals surface area (Å²) in [5.74, 6) is -1.15. The van der Waals surface area contributed by atoms with Crippen molar-refractivity contribution >= 4 is 18.0 Å². The van der Waals surface area contributed by atoms with E-state index in [0.29, 0.717) is 25.2 Å². The summed E-state index contributed by atoms with van der Waals surface area (Å²) in [6, 6.07) is 14.8. The number of fused-ring (bicyclic) bond motifs is 3. The molecule has 2 unspecified atom stereocenters. The number of carbonyl (C=O) groups excluding carboxylic acids is 2. The van der Waals surface area contributed by atoms with Gasteiger partial charge in [0.25, 0.3) is 0 Å². The Balaban J connectivity index is 1.54. The summed E-state index contributed by atoms with van der Waals surface area (Å²) in [4.78, 5) is 36.4. The molecule has 0 radical (unpaired) electrons. The first-order valence-electron chi connectivity index (χ1n) is 11.9. The molecule has 182 valence electrons. The molecule has 0 bridgehead atoms. The van der Waals surface area contributed by atoms with Crippen LogP contribution in [0.5, 0.6) is 0 Å². The third-order valence-electron chi connectivity index (χ3n) is 6.26. The van der Waals surface area contributed by atoms with Gasteiger partial charge in [0.15, 0.2) is 0 Å². The summed E-state index contributed by atoms with van der Waals surface area (Å²) in [5, 5.41) is 14.7. The Kier molecular flexibility index (Phi) is 8.68. The molecule has 0 fully saturated rings. The van der Waals surface area contributed by atoms with Crippen LogP contribution >= 0.6 is 0 Å². The van der Waals surface area contributed by atoms with Crippen LogP contribution in [-0.4, -0.2) is 41.8 Å². The first-order valence-corrected chi connectivity index (χ1v) is 11.9. The van der Waals surface area contributed by atoms with E-state index in [1.165, 1.54) is 0 Å². The van der Waals surface area contributed by atoms with Crippen LogP contribution in [0.2, 0.25) is 0 Å². The van der Waals surface area contributed by atoms with E-state index >= 15 is 0 Å². The van der Waals surface area contributed by atoms with E-state index in [2.05, 4.69) is 34.9 Å². The van der Waals surface area contributed by atoms with Gasteiger partial charge in [-0.25, -0.2) is 9.59 Å². The molecule has 0 aromatic heterocycles. The fourth-order valence-corrected chi connectivity index (χ4v) is 4.34. The number of nitrogens with one attached hydrogen (secondary N) is 2. The zero-order valence-electron chi connectivity index (χ0n) is 20.0. The third-order valence-corrected chi connectivity index (χ3v) is 6.26. The van der Waals surface area contributed by atoms with Crippen molar-refractivity contribution in [1.29, 1.82) is 0 Å². The largest absolute Gasteiger partial charge is 0.480 e. The fourth-order valence-electron chi connectivity index (χ4n) is 4.34. The van der Waals surface area contributed by atoms with Crippen LogP contribution in [0.3, 0.4) is 0 Å². The lowest BCUT2D eigenvalue weighted by Gasteiger charge is -2.20. The highest BCUT2D eigenvalue weighted by molar-refractivity contribution is 5.84. The first-order chi connectivity index (χ1) is 16.3. The highest BCUT2D eigenvalue weighted by Gasteiger charge is 2.29. The second-order valence-corrected chi connectivity index (χ2v) is 9.21. The van der Waals surface area contributed by atoms with Crippen LogP contribution in [0, 0.1) is 5.92 Å². The number of carboxylic acid groups (broad SMARTS) is 1. The minimum absolute atomic E-state index is 0.00778. The van der Waals surface area contributed by atoms with Crippen molar-refractivity contribution in [3.05, 3.63) is 59.7 Å². The molecule has 0 heterocycles. The van der Waals surface area contributed by atoms with Gasteiger partial charge in [-0.1, -0.05) is 69.3 Å². The van der Waals surface area contributed by atoms with E-state index in [-0.39, 0.29) is 18.9 Å². The van der Waals surface area contributed by atoms with Crippen LogP contribution in [0.25, 0.3) is 11.1 Å². The molecule has 0 spiro atoms. The molecule has 7 nitrogen and oxygen atoms in total. The highest BCUT2D eigenvalue weighted by Crippen LogP contribution is 2.44. The van der Waals surface area contributed by atoms with E-state index in [1.807, 2.05) is 45.0 Å². The lowest BCUT2D eigenvalue weighted by molar-refractivity contribution is -0.142. The van der Waals surface area contributed by atoms with Gasteiger partial charge in [0.05, 0.1) is 0 Å². The van der Waals surface area contributed by atoms with E-state index in [0.717, 1.165) is 22.3 Å². The average molecular weight is 467 g/mol. The Labute approximate surface area is 200 Å². The van der Waals surface area contributed by atoms with Crippen LogP contribution in [-0.2, 0) is 14.3 Å². The fraction of sp³-hybridized carbons (Fsp3) is 0.444. The van der Waals surface area contributed by atoms with E-state index < -0.39 is 30.1 Å². The minimum atomic E-state index is -1.05. The van der Waals surface area contributed by atoms with Crippen molar-refractivity contribution in [2.45, 2.75) is 64.5 Å². The monoisotopic (exact) mass is 466 g/mol. The molecule has 2 aromatic carbocycles. The molecule has 34 heavy (non-hydrogen) atoms. The molecular formula is C27H34N2O5. The average Bonchev–Trinajstić information content (AvgIpc) is 3.13. The zero-order valence-corrected chi connectivity index (χ0v) is 20.0. The van der Waals surface area contributed by atoms with Gasteiger partial charge in [0, 0.05) is 18.4 Å². The Morgan fingerprint density at radius 3 is 2.06 bits per heavy atom. The van der Waals surface area contributed by atoms with Crippen molar-refractivity contribution in [3.8, 4) is 11.1 Å². The lowest BCUT2D eigenvalue weighted by atomic mass is 9.98. The summed E-state index contributed by atoms with van der Waals surface area (Å²) in [5.41, 5.74) is 4.56. The van der Waals surface area contributed by atoms with Gasteiger partial charge in [0.1, 0.15) is 12.6 Å². The molecule has 1 aliphatic carbocycles. The van der Waals surface area contributed by atoms with Gasteiger partial charge in [-0.15, -0.1) is 0 Å². The number of hydrogen-bond donors (Lipinski definition) is 3. The number of ether oxygens (including phenoxy) is 1. The van der Waals surface area contributed by atoms with Gasteiger partial charge in [0.2, 0.25) is 5.91 Å². The smallest absolute Gasteiger partial charge is 0.407 e. The molecule has 3 N–H and O–H groups in total. The van der Waals surface area contributed by atoms with Crippen molar-refractivity contribution in [2.75, 3.05) is 6.61 Å². The molecule has 0 aliphatic heterocycles. The van der Waals surface area contributed by atoms with Crippen LogP contribution in [0.4, 0.5) is 4.79 Å². The molecule has 0 saturated heterocycles. The number of carbonyl (C=O) groups is 3. The quantitative estimate of drug-likeness (QED) is 0.445. The Morgan fingerprint density at radius 1 is 0.941 bits per heavy atom. The predicted molar refractivity (Wildman–Crippen MR) is 131 cm³/mol. The predicted octanol–water partition coefficient (Wildman–Crippen LogP) is 4.70. The van der Waals surface area contributed by atoms with Crippen molar-refractivity contribution in [2.24, 2.45) is 5.92 Å². The van der Waals surface area contributed by atoms with E-state index in [4.69, 9.17) is 4.74 Å². The SMILES string of the molecule is CCC(CC(=O)NC(CCC(C)C)C(=O)O)NC(=O)OCC1c2ccccc2-c2ccccc21. The van der Waals surface area contributed by atoms with E-state index in [9.17, 15) is 19.5 Å². The number of amides is 2. The van der Waals surface area contributed by atoms with Gasteiger partial charge in [-0.2, -0.15) is 0 Å². The summed E-state index contributed by atoms with van der Waals surface area (Å²) in [6.45, 7) is 6.06. The van der Waals surface area contributed by atoms with Gasteiger partial charge in [-0.3, -0.25) is 4.79 Å². The molecule has 2 atom stereocenters. The van der Waals surface area contributed by atoms with E-state index in [1.54, 1.807) is 0 Å². The molecule has 2 aromatic rings. The lowest BCUT2D eigenvalue weighted by Crippen LogP contribution is -2.44. The number of rotatable bonds is 11. The molecule has 0 saturated carbocycles. The standard InChI is InChI=1S/C27H34N2O5/c1-4-18(15-25(30)29-24(26(31)32)14-13-17(2)3)28-27(33)34-16-23-21-11-7-5-9-19(21)20-10-6-8-12-22(20)23/h5-12,17-18,23-24H,4,13-16H2,1-3H3,(H,28,33)(H,29,30)(H,31,32). The summed E-state index contributed by atoms with van der Waals surface area (Å²) in [7, 11) is 0. The zero-order chi connectivity index (χ0) is 24.7. The normalized spacial score (nSPS) is 14.1. The van der Waals surface area contributed by atoms with Gasteiger partial charge >= 0.3 is 12.1 Å². The number of carboxylic acids is 1. The van der Waals surface area contributed by atoms with Crippen LogP contribution in [0.1, 0.15) is 63.5 Å². The second kappa shape index (κ2) is 11.7. The molecule has 3 rings (SSSR count). The second-order valence-electron chi connectivity index (χ2n) is 9.21.